The molecule has 0 radical (unpaired) electrons. The summed E-state index contributed by atoms with van der Waals surface area (Å²) in [4.78, 5) is 1.31. The average molecular weight is 412 g/mol. The molecule has 1 aliphatic heterocycles. The molecule has 1 saturated heterocycles. The number of nitrogens with zero attached hydrogens (tertiary/aromatic N) is 2. The molecule has 0 unspecified atom stereocenters. The summed E-state index contributed by atoms with van der Waals surface area (Å²) >= 11 is 8.30. The maximum absolute atomic E-state index is 6.47. The Morgan fingerprint density at radius 1 is 1.25 bits per heavy atom. The normalized spacial score (nSPS) is 15.3. The van der Waals surface area contributed by atoms with Gasteiger partial charge >= 0.3 is 0 Å². The van der Waals surface area contributed by atoms with Crippen LogP contribution in [0.1, 0.15) is 18.9 Å². The molecule has 0 saturated carbocycles. The summed E-state index contributed by atoms with van der Waals surface area (Å²) in [6, 6.07) is 16.0. The molecule has 6 heteroatoms. The Morgan fingerprint density at radius 3 is 2.82 bits per heavy atom. The van der Waals surface area contributed by atoms with Crippen molar-refractivity contribution in [1.29, 1.82) is 0 Å². The predicted octanol–water partition coefficient (Wildman–Crippen LogP) is 5.62. The highest BCUT2D eigenvalue weighted by Crippen LogP contribution is 2.33. The number of aromatic nitrogens is 2. The number of rotatable bonds is 6. The number of para-hydroxylation sites is 1. The third-order valence-corrected chi connectivity index (χ3v) is 5.68. The lowest BCUT2D eigenvalue weighted by molar-refractivity contribution is 0.317. The molecular formula is C22H22ClN3OS. The molecule has 2 aromatic carbocycles. The molecule has 0 spiro atoms. The van der Waals surface area contributed by atoms with Crippen LogP contribution in [-0.4, -0.2) is 28.8 Å². The zero-order chi connectivity index (χ0) is 19.3. The third-order valence-electron chi connectivity index (χ3n) is 4.41. The summed E-state index contributed by atoms with van der Waals surface area (Å²) in [5.74, 6) is 1.66. The molecule has 0 amide bonds. The van der Waals surface area contributed by atoms with E-state index < -0.39 is 0 Å². The van der Waals surface area contributed by atoms with Gasteiger partial charge in [0.2, 0.25) is 0 Å². The Morgan fingerprint density at radius 2 is 2.11 bits per heavy atom. The zero-order valence-corrected chi connectivity index (χ0v) is 17.3. The Hall–Kier alpha value is -2.21. The fourth-order valence-electron chi connectivity index (χ4n) is 3.04. The van der Waals surface area contributed by atoms with Crippen molar-refractivity contribution in [2.45, 2.75) is 13.3 Å². The second-order valence-corrected chi connectivity index (χ2v) is 8.04. The Labute approximate surface area is 174 Å². The van der Waals surface area contributed by atoms with E-state index in [0.29, 0.717) is 17.4 Å². The number of hydrogen-bond acceptors (Lipinski definition) is 4. The summed E-state index contributed by atoms with van der Waals surface area (Å²) < 4.78 is 7.63. The average Bonchev–Trinajstić information content (AvgIpc) is 3.38. The molecule has 28 heavy (non-hydrogen) atoms. The first kappa shape index (κ1) is 19.1. The molecule has 4 rings (SSSR count). The minimum absolute atomic E-state index is 0.607. The van der Waals surface area contributed by atoms with Gasteiger partial charge in [-0.05, 0) is 42.8 Å². The van der Waals surface area contributed by atoms with Gasteiger partial charge in [0, 0.05) is 34.7 Å². The molecule has 144 valence electrons. The van der Waals surface area contributed by atoms with Crippen molar-refractivity contribution in [3.05, 3.63) is 70.2 Å². The van der Waals surface area contributed by atoms with Crippen LogP contribution < -0.4 is 10.1 Å². The van der Waals surface area contributed by atoms with E-state index in [1.807, 2.05) is 65.0 Å². The van der Waals surface area contributed by atoms with Crippen LogP contribution in [-0.2, 0) is 0 Å². The van der Waals surface area contributed by atoms with Gasteiger partial charge in [-0.2, -0.15) is 5.10 Å². The van der Waals surface area contributed by atoms with Crippen LogP contribution in [0, 0.1) is 0 Å². The molecule has 0 aliphatic carbocycles. The van der Waals surface area contributed by atoms with E-state index in [2.05, 4.69) is 24.5 Å². The van der Waals surface area contributed by atoms with Gasteiger partial charge in [0.15, 0.2) is 0 Å². The summed E-state index contributed by atoms with van der Waals surface area (Å²) in [6.45, 7) is 3.63. The van der Waals surface area contributed by atoms with Gasteiger partial charge in [0.1, 0.15) is 11.4 Å². The van der Waals surface area contributed by atoms with Crippen LogP contribution in [0.5, 0.6) is 5.75 Å². The maximum Gasteiger partial charge on any atom is 0.137 e. The quantitative estimate of drug-likeness (QED) is 0.571. The minimum Gasteiger partial charge on any atom is -0.492 e. The molecule has 4 nitrogen and oxygen atoms in total. The number of thioether (sulfide) groups is 1. The monoisotopic (exact) mass is 411 g/mol. The van der Waals surface area contributed by atoms with Crippen LogP contribution in [0.3, 0.4) is 0 Å². The van der Waals surface area contributed by atoms with Gasteiger partial charge < -0.3 is 10.1 Å². The summed E-state index contributed by atoms with van der Waals surface area (Å²) in [6.07, 6.45) is 5.23. The first-order chi connectivity index (χ1) is 13.7. The van der Waals surface area contributed by atoms with Gasteiger partial charge in [0.05, 0.1) is 17.3 Å². The SMILES string of the molecule is CCCOc1ccc(-c2nn(-c3ccccc3)cc2C=C2CNCS2)cc1Cl. The Bertz CT molecular complexity index is 977. The highest BCUT2D eigenvalue weighted by atomic mass is 35.5. The van der Waals surface area contributed by atoms with Crippen LogP contribution in [0.4, 0.5) is 0 Å². The van der Waals surface area contributed by atoms with E-state index in [0.717, 1.165) is 41.4 Å². The van der Waals surface area contributed by atoms with E-state index in [-0.39, 0.29) is 0 Å². The molecule has 1 fully saturated rings. The van der Waals surface area contributed by atoms with Gasteiger partial charge in [-0.1, -0.05) is 36.7 Å². The van der Waals surface area contributed by atoms with E-state index in [4.69, 9.17) is 21.4 Å². The van der Waals surface area contributed by atoms with Gasteiger partial charge in [-0.15, -0.1) is 11.8 Å². The first-order valence-corrected chi connectivity index (χ1v) is 10.7. The summed E-state index contributed by atoms with van der Waals surface area (Å²) in [5, 5.41) is 8.83. The molecule has 1 aromatic heterocycles. The Balaban J connectivity index is 1.75. The summed E-state index contributed by atoms with van der Waals surface area (Å²) in [7, 11) is 0. The fourth-order valence-corrected chi connectivity index (χ4v) is 4.08. The smallest absolute Gasteiger partial charge is 0.137 e. The second kappa shape index (κ2) is 8.86. The van der Waals surface area contributed by atoms with Crippen molar-refractivity contribution >= 4 is 29.4 Å². The van der Waals surface area contributed by atoms with E-state index in [9.17, 15) is 0 Å². The third kappa shape index (κ3) is 4.27. The van der Waals surface area contributed by atoms with Gasteiger partial charge in [-0.3, -0.25) is 0 Å². The van der Waals surface area contributed by atoms with Crippen LogP contribution in [0.2, 0.25) is 5.02 Å². The highest BCUT2D eigenvalue weighted by Gasteiger charge is 2.15. The van der Waals surface area contributed by atoms with Crippen molar-refractivity contribution in [2.24, 2.45) is 0 Å². The van der Waals surface area contributed by atoms with E-state index in [1.54, 1.807) is 0 Å². The van der Waals surface area contributed by atoms with Crippen LogP contribution in [0.25, 0.3) is 23.0 Å². The fraction of sp³-hybridized carbons (Fsp3) is 0.227. The lowest BCUT2D eigenvalue weighted by atomic mass is 10.1. The Kier molecular flexibility index (Phi) is 6.05. The number of halogens is 1. The molecule has 0 atom stereocenters. The molecule has 0 bridgehead atoms. The molecule has 1 N–H and O–H groups in total. The van der Waals surface area contributed by atoms with Crippen LogP contribution >= 0.6 is 23.4 Å². The maximum atomic E-state index is 6.47. The lowest BCUT2D eigenvalue weighted by Gasteiger charge is -2.08. The van der Waals surface area contributed by atoms with Gasteiger partial charge in [0.25, 0.3) is 0 Å². The van der Waals surface area contributed by atoms with Crippen molar-refractivity contribution < 1.29 is 4.74 Å². The second-order valence-electron chi connectivity index (χ2n) is 6.53. The lowest BCUT2D eigenvalue weighted by Crippen LogP contribution is -2.04. The van der Waals surface area contributed by atoms with E-state index >= 15 is 0 Å². The largest absolute Gasteiger partial charge is 0.492 e. The standard InChI is InChI=1S/C22H22ClN3OS/c1-2-10-27-21-9-8-16(12-20(21)23)22-17(11-19-13-24-15-28-19)14-26(25-22)18-6-4-3-5-7-18/h3-9,11-12,14,24H,2,10,13,15H2,1H3. The topological polar surface area (TPSA) is 39.1 Å². The predicted molar refractivity (Wildman–Crippen MR) is 118 cm³/mol. The van der Waals surface area contributed by atoms with E-state index in [1.165, 1.54) is 4.91 Å². The van der Waals surface area contributed by atoms with Crippen molar-refractivity contribution in [3.8, 4) is 22.7 Å². The molecule has 2 heterocycles. The molecule has 3 aromatic rings. The van der Waals surface area contributed by atoms with Crippen molar-refractivity contribution in [2.75, 3.05) is 19.0 Å². The number of nitrogens with one attached hydrogen (secondary N) is 1. The number of hydrogen-bond donors (Lipinski definition) is 1. The van der Waals surface area contributed by atoms with Crippen LogP contribution in [0.15, 0.2) is 59.6 Å². The molecular weight excluding hydrogens is 390 g/mol. The zero-order valence-electron chi connectivity index (χ0n) is 15.7. The highest BCUT2D eigenvalue weighted by molar-refractivity contribution is 8.03. The minimum atomic E-state index is 0.607. The number of ether oxygens (including phenoxy) is 1. The van der Waals surface area contributed by atoms with Crippen molar-refractivity contribution in [1.82, 2.24) is 15.1 Å². The molecule has 1 aliphatic rings. The number of benzene rings is 2. The van der Waals surface area contributed by atoms with Crippen molar-refractivity contribution in [3.63, 3.8) is 0 Å². The van der Waals surface area contributed by atoms with Gasteiger partial charge in [-0.25, -0.2) is 4.68 Å². The summed E-state index contributed by atoms with van der Waals surface area (Å²) in [5.41, 5.74) is 3.99. The first-order valence-electron chi connectivity index (χ1n) is 9.36.